The van der Waals surface area contributed by atoms with Crippen molar-refractivity contribution in [3.63, 3.8) is 0 Å². The number of carbonyl (C=O) groups excluding carboxylic acids is 2. The minimum absolute atomic E-state index is 0.218. The minimum atomic E-state index is -1.61. The molecule has 0 radical (unpaired) electrons. The summed E-state index contributed by atoms with van der Waals surface area (Å²) >= 11 is 0. The second-order valence-electron chi connectivity index (χ2n) is 6.81. The van der Waals surface area contributed by atoms with Crippen LogP contribution in [-0.4, -0.2) is 31.0 Å². The van der Waals surface area contributed by atoms with Gasteiger partial charge in [-0.1, -0.05) is 42.5 Å². The van der Waals surface area contributed by atoms with Crippen molar-refractivity contribution in [1.29, 1.82) is 5.26 Å². The Bertz CT molecular complexity index is 904. The molecule has 6 nitrogen and oxygen atoms in total. The van der Waals surface area contributed by atoms with E-state index in [2.05, 4.69) is 6.07 Å². The number of hydrogen-bond donors (Lipinski definition) is 0. The quantitative estimate of drug-likeness (QED) is 0.745. The maximum atomic E-state index is 13.0. The van der Waals surface area contributed by atoms with Crippen LogP contribution in [0.4, 0.5) is 0 Å². The van der Waals surface area contributed by atoms with Gasteiger partial charge in [0, 0.05) is 0 Å². The molecule has 1 heterocycles. The Morgan fingerprint density at radius 1 is 1.18 bits per heavy atom. The predicted molar refractivity (Wildman–Crippen MR) is 102 cm³/mol. The summed E-state index contributed by atoms with van der Waals surface area (Å²) in [7, 11) is 2.80. The van der Waals surface area contributed by atoms with Crippen LogP contribution in [0.1, 0.15) is 36.6 Å². The number of rotatable bonds is 5. The van der Waals surface area contributed by atoms with E-state index >= 15 is 0 Å². The lowest BCUT2D eigenvalue weighted by Gasteiger charge is -2.35. The number of amides is 1. The highest BCUT2D eigenvalue weighted by atomic mass is 16.5. The number of likely N-dealkylation sites (tertiary alicyclic amines) is 1. The van der Waals surface area contributed by atoms with Gasteiger partial charge >= 0.3 is 5.97 Å². The molecule has 2 aromatic carbocycles. The first kappa shape index (κ1) is 19.4. The summed E-state index contributed by atoms with van der Waals surface area (Å²) in [6.45, 7) is 1.90. The van der Waals surface area contributed by atoms with Crippen molar-refractivity contribution in [1.82, 2.24) is 4.90 Å². The summed E-state index contributed by atoms with van der Waals surface area (Å²) in [5.74, 6) is -0.313. The zero-order valence-corrected chi connectivity index (χ0v) is 16.1. The number of nitrogens with zero attached hydrogens (tertiary/aromatic N) is 2. The number of methoxy groups -OCH3 is 2. The van der Waals surface area contributed by atoms with Crippen molar-refractivity contribution < 1.29 is 19.1 Å². The van der Waals surface area contributed by atoms with E-state index in [-0.39, 0.29) is 18.4 Å². The molecular weight excluding hydrogens is 356 g/mol. The average Bonchev–Trinajstić information content (AvgIpc) is 3.06. The fourth-order valence-corrected chi connectivity index (χ4v) is 3.88. The Kier molecular flexibility index (Phi) is 5.36. The van der Waals surface area contributed by atoms with Crippen molar-refractivity contribution in [3.05, 3.63) is 65.7 Å². The van der Waals surface area contributed by atoms with Crippen LogP contribution in [0.5, 0.6) is 5.75 Å². The smallest absolute Gasteiger partial charge is 0.329 e. The van der Waals surface area contributed by atoms with E-state index in [9.17, 15) is 14.9 Å². The van der Waals surface area contributed by atoms with Crippen LogP contribution in [-0.2, 0) is 14.3 Å². The lowest BCUT2D eigenvalue weighted by Crippen LogP contribution is -2.39. The van der Waals surface area contributed by atoms with Crippen molar-refractivity contribution in [2.45, 2.75) is 25.4 Å². The van der Waals surface area contributed by atoms with Gasteiger partial charge in [0.1, 0.15) is 5.75 Å². The fourth-order valence-electron chi connectivity index (χ4n) is 3.88. The Labute approximate surface area is 164 Å². The molecule has 1 aliphatic rings. The van der Waals surface area contributed by atoms with E-state index in [1.807, 2.05) is 37.3 Å². The molecule has 1 amide bonds. The standard InChI is InChI=1S/C22H22N2O4/c1-15(16-7-5-4-6-8-16)24-19(25)13-22(14-23,21(26)28-3)20(24)17-9-11-18(27-2)12-10-17/h4-12,15,20H,13H2,1-3H3/t15-,20-,22+/m0/s1. The molecule has 1 saturated heterocycles. The lowest BCUT2D eigenvalue weighted by molar-refractivity contribution is -0.151. The van der Waals surface area contributed by atoms with E-state index < -0.39 is 17.4 Å². The molecule has 28 heavy (non-hydrogen) atoms. The number of esters is 1. The van der Waals surface area contributed by atoms with Crippen LogP contribution < -0.4 is 4.74 Å². The molecule has 0 unspecified atom stereocenters. The zero-order valence-electron chi connectivity index (χ0n) is 16.1. The Balaban J connectivity index is 2.15. The molecule has 6 heteroatoms. The number of hydrogen-bond acceptors (Lipinski definition) is 5. The van der Waals surface area contributed by atoms with Crippen LogP contribution >= 0.6 is 0 Å². The summed E-state index contributed by atoms with van der Waals surface area (Å²) in [6.07, 6.45) is -0.218. The number of ether oxygens (including phenoxy) is 2. The van der Waals surface area contributed by atoms with Crippen LogP contribution in [0.2, 0.25) is 0 Å². The van der Waals surface area contributed by atoms with Gasteiger partial charge in [0.2, 0.25) is 5.91 Å². The monoisotopic (exact) mass is 378 g/mol. The van der Waals surface area contributed by atoms with Crippen LogP contribution in [0, 0.1) is 16.7 Å². The highest BCUT2D eigenvalue weighted by Gasteiger charge is 2.60. The van der Waals surface area contributed by atoms with Gasteiger partial charge in [-0.25, -0.2) is 0 Å². The van der Waals surface area contributed by atoms with Crippen molar-refractivity contribution in [2.75, 3.05) is 14.2 Å². The number of carbonyl (C=O) groups is 2. The molecule has 1 fully saturated rings. The second-order valence-corrected chi connectivity index (χ2v) is 6.81. The van der Waals surface area contributed by atoms with Crippen LogP contribution in [0.15, 0.2) is 54.6 Å². The highest BCUT2D eigenvalue weighted by Crippen LogP contribution is 2.51. The van der Waals surface area contributed by atoms with E-state index in [1.54, 1.807) is 36.3 Å². The third-order valence-corrected chi connectivity index (χ3v) is 5.34. The molecule has 0 aromatic heterocycles. The highest BCUT2D eigenvalue weighted by molar-refractivity contribution is 5.93. The Hall–Kier alpha value is -3.33. The second kappa shape index (κ2) is 7.73. The first-order valence-electron chi connectivity index (χ1n) is 8.98. The molecule has 3 atom stereocenters. The molecule has 3 rings (SSSR count). The van der Waals surface area contributed by atoms with Gasteiger partial charge in [0.05, 0.1) is 38.8 Å². The molecule has 144 valence electrons. The first-order valence-corrected chi connectivity index (χ1v) is 8.98. The van der Waals surface area contributed by atoms with Crippen molar-refractivity contribution >= 4 is 11.9 Å². The van der Waals surface area contributed by atoms with E-state index in [0.29, 0.717) is 11.3 Å². The van der Waals surface area contributed by atoms with E-state index in [0.717, 1.165) is 5.56 Å². The minimum Gasteiger partial charge on any atom is -0.497 e. The third kappa shape index (κ3) is 3.09. The van der Waals surface area contributed by atoms with Gasteiger partial charge in [-0.05, 0) is 30.2 Å². The fraction of sp³-hybridized carbons (Fsp3) is 0.318. The Morgan fingerprint density at radius 3 is 2.36 bits per heavy atom. The van der Waals surface area contributed by atoms with Crippen LogP contribution in [0.25, 0.3) is 0 Å². The molecule has 0 N–H and O–H groups in total. The maximum Gasteiger partial charge on any atom is 0.329 e. The summed E-state index contributed by atoms with van der Waals surface area (Å²) in [4.78, 5) is 27.3. The zero-order chi connectivity index (χ0) is 20.3. The van der Waals surface area contributed by atoms with Crippen LogP contribution in [0.3, 0.4) is 0 Å². The summed E-state index contributed by atoms with van der Waals surface area (Å²) in [5.41, 5.74) is -0.00180. The summed E-state index contributed by atoms with van der Waals surface area (Å²) in [6, 6.07) is 17.6. The largest absolute Gasteiger partial charge is 0.497 e. The molecule has 1 aliphatic heterocycles. The van der Waals surface area contributed by atoms with Crippen molar-refractivity contribution in [3.8, 4) is 11.8 Å². The van der Waals surface area contributed by atoms with Gasteiger partial charge in [-0.2, -0.15) is 5.26 Å². The summed E-state index contributed by atoms with van der Waals surface area (Å²) in [5, 5.41) is 9.98. The molecule has 2 aromatic rings. The molecule has 0 spiro atoms. The molecule has 0 aliphatic carbocycles. The average molecular weight is 378 g/mol. The van der Waals surface area contributed by atoms with Gasteiger partial charge in [0.25, 0.3) is 0 Å². The first-order chi connectivity index (χ1) is 13.5. The number of nitriles is 1. The third-order valence-electron chi connectivity index (χ3n) is 5.34. The number of benzene rings is 2. The molecule has 0 bridgehead atoms. The molecule has 0 saturated carbocycles. The topological polar surface area (TPSA) is 79.6 Å². The van der Waals surface area contributed by atoms with Crippen molar-refractivity contribution in [2.24, 2.45) is 5.41 Å². The molecular formula is C22H22N2O4. The maximum absolute atomic E-state index is 13.0. The summed E-state index contributed by atoms with van der Waals surface area (Å²) < 4.78 is 10.1. The Morgan fingerprint density at radius 2 is 1.82 bits per heavy atom. The van der Waals surface area contributed by atoms with E-state index in [4.69, 9.17) is 9.47 Å². The normalized spacial score (nSPS) is 22.4. The lowest BCUT2D eigenvalue weighted by atomic mass is 9.78. The van der Waals surface area contributed by atoms with Gasteiger partial charge in [0.15, 0.2) is 5.41 Å². The predicted octanol–water partition coefficient (Wildman–Crippen LogP) is 3.41. The SMILES string of the molecule is COC(=O)[C@@]1(C#N)CC(=O)N([C@@H](C)c2ccccc2)[C@H]1c1ccc(OC)cc1. The van der Waals surface area contributed by atoms with Gasteiger partial charge in [-0.15, -0.1) is 0 Å². The van der Waals surface area contributed by atoms with E-state index in [1.165, 1.54) is 7.11 Å². The van der Waals surface area contributed by atoms with Gasteiger partial charge < -0.3 is 14.4 Å². The van der Waals surface area contributed by atoms with Gasteiger partial charge in [-0.3, -0.25) is 9.59 Å².